The lowest BCUT2D eigenvalue weighted by Crippen LogP contribution is -2.31. The van der Waals surface area contributed by atoms with Gasteiger partial charge in [0.2, 0.25) is 5.91 Å². The smallest absolute Gasteiger partial charge is 0.324 e. The summed E-state index contributed by atoms with van der Waals surface area (Å²) in [6.45, 7) is 0.585. The highest BCUT2D eigenvalue weighted by Crippen LogP contribution is 2.11. The minimum Gasteiger partial charge on any atom is -0.329 e. The van der Waals surface area contributed by atoms with Crippen LogP contribution in [0, 0.1) is 0 Å². The number of aromatic nitrogens is 1. The standard InChI is InChI=1S/C10H12N4O2/c11-4-8-7(2-1-3-12-8)6-14-9(15)5-13-10(14)16/h1-3H,4-6,11H2,(H,13,16). The summed E-state index contributed by atoms with van der Waals surface area (Å²) in [7, 11) is 0. The van der Waals surface area contributed by atoms with Crippen molar-refractivity contribution in [2.45, 2.75) is 13.1 Å². The predicted molar refractivity (Wildman–Crippen MR) is 56.1 cm³/mol. The summed E-state index contributed by atoms with van der Waals surface area (Å²) >= 11 is 0. The number of imide groups is 1. The molecule has 3 amide bonds. The first-order valence-electron chi connectivity index (χ1n) is 4.93. The number of rotatable bonds is 3. The summed E-state index contributed by atoms with van der Waals surface area (Å²) in [5.41, 5.74) is 7.03. The number of carbonyl (C=O) groups is 2. The summed E-state index contributed by atoms with van der Waals surface area (Å²) in [4.78, 5) is 28.0. The number of nitrogens with one attached hydrogen (secondary N) is 1. The van der Waals surface area contributed by atoms with Crippen molar-refractivity contribution in [1.82, 2.24) is 15.2 Å². The van der Waals surface area contributed by atoms with Crippen LogP contribution in [0.15, 0.2) is 18.3 Å². The lowest BCUT2D eigenvalue weighted by atomic mass is 10.2. The molecule has 0 radical (unpaired) electrons. The number of nitrogens with two attached hydrogens (primary N) is 1. The van der Waals surface area contributed by atoms with Crippen LogP contribution in [-0.4, -0.2) is 28.4 Å². The summed E-state index contributed by atoms with van der Waals surface area (Å²) in [6, 6.07) is 3.21. The summed E-state index contributed by atoms with van der Waals surface area (Å²) in [5, 5.41) is 2.46. The fraction of sp³-hybridized carbons (Fsp3) is 0.300. The van der Waals surface area contributed by atoms with E-state index < -0.39 is 0 Å². The van der Waals surface area contributed by atoms with Crippen LogP contribution in [0.4, 0.5) is 4.79 Å². The van der Waals surface area contributed by atoms with Crippen LogP contribution in [0.1, 0.15) is 11.3 Å². The van der Waals surface area contributed by atoms with E-state index in [-0.39, 0.29) is 25.0 Å². The molecule has 1 aliphatic heterocycles. The van der Waals surface area contributed by atoms with E-state index in [4.69, 9.17) is 5.73 Å². The van der Waals surface area contributed by atoms with Crippen LogP contribution in [0.25, 0.3) is 0 Å². The lowest BCUT2D eigenvalue weighted by molar-refractivity contribution is -0.125. The van der Waals surface area contributed by atoms with E-state index in [1.165, 1.54) is 0 Å². The molecule has 1 aromatic rings. The normalized spacial score (nSPS) is 15.4. The van der Waals surface area contributed by atoms with Crippen molar-refractivity contribution in [3.05, 3.63) is 29.6 Å². The third-order valence-electron chi connectivity index (χ3n) is 2.44. The number of pyridine rings is 1. The molecule has 16 heavy (non-hydrogen) atoms. The fourth-order valence-electron chi connectivity index (χ4n) is 1.58. The van der Waals surface area contributed by atoms with E-state index in [0.717, 1.165) is 10.5 Å². The largest absolute Gasteiger partial charge is 0.329 e. The van der Waals surface area contributed by atoms with Gasteiger partial charge in [-0.2, -0.15) is 0 Å². The molecule has 6 heteroatoms. The van der Waals surface area contributed by atoms with Gasteiger partial charge in [0.25, 0.3) is 0 Å². The van der Waals surface area contributed by atoms with Crippen molar-refractivity contribution < 1.29 is 9.59 Å². The molecule has 1 aliphatic rings. The zero-order valence-corrected chi connectivity index (χ0v) is 8.64. The van der Waals surface area contributed by atoms with Gasteiger partial charge in [0.05, 0.1) is 18.8 Å². The molecule has 1 saturated heterocycles. The van der Waals surface area contributed by atoms with E-state index in [9.17, 15) is 9.59 Å². The van der Waals surface area contributed by atoms with Crippen molar-refractivity contribution in [2.75, 3.05) is 6.54 Å². The molecule has 0 atom stereocenters. The highest BCUT2D eigenvalue weighted by atomic mass is 16.2. The zero-order valence-electron chi connectivity index (χ0n) is 8.64. The highest BCUT2D eigenvalue weighted by Gasteiger charge is 2.28. The second-order valence-electron chi connectivity index (χ2n) is 3.45. The molecule has 6 nitrogen and oxygen atoms in total. The molecule has 1 fully saturated rings. The minimum atomic E-state index is -0.364. The Hall–Kier alpha value is -1.95. The number of nitrogens with zero attached hydrogens (tertiary/aromatic N) is 2. The van der Waals surface area contributed by atoms with Gasteiger partial charge in [-0.3, -0.25) is 14.7 Å². The van der Waals surface area contributed by atoms with E-state index in [2.05, 4.69) is 10.3 Å². The predicted octanol–water partition coefficient (Wildman–Crippen LogP) is -0.408. The Bertz CT molecular complexity index is 417. The van der Waals surface area contributed by atoms with Crippen molar-refractivity contribution in [3.8, 4) is 0 Å². The summed E-state index contributed by atoms with van der Waals surface area (Å²) in [5.74, 6) is -0.225. The van der Waals surface area contributed by atoms with Gasteiger partial charge in [-0.15, -0.1) is 0 Å². The average molecular weight is 220 g/mol. The Morgan fingerprint density at radius 1 is 1.50 bits per heavy atom. The number of carbonyl (C=O) groups excluding carboxylic acids is 2. The van der Waals surface area contributed by atoms with Gasteiger partial charge in [0.1, 0.15) is 0 Å². The van der Waals surface area contributed by atoms with E-state index in [1.54, 1.807) is 12.3 Å². The second kappa shape index (κ2) is 4.28. The van der Waals surface area contributed by atoms with Crippen molar-refractivity contribution in [1.29, 1.82) is 0 Å². The Labute approximate surface area is 92.4 Å². The zero-order chi connectivity index (χ0) is 11.5. The second-order valence-corrected chi connectivity index (χ2v) is 3.45. The molecule has 0 aromatic carbocycles. The van der Waals surface area contributed by atoms with E-state index >= 15 is 0 Å². The Morgan fingerprint density at radius 3 is 2.94 bits per heavy atom. The molecular weight excluding hydrogens is 208 g/mol. The lowest BCUT2D eigenvalue weighted by Gasteiger charge is -2.14. The van der Waals surface area contributed by atoms with Gasteiger partial charge < -0.3 is 11.1 Å². The maximum absolute atomic E-state index is 11.4. The van der Waals surface area contributed by atoms with Crippen molar-refractivity contribution >= 4 is 11.9 Å². The van der Waals surface area contributed by atoms with Gasteiger partial charge in [-0.25, -0.2) is 4.79 Å². The van der Waals surface area contributed by atoms with Gasteiger partial charge in [-0.05, 0) is 11.6 Å². The first-order valence-corrected chi connectivity index (χ1v) is 4.93. The SMILES string of the molecule is NCc1ncccc1CN1C(=O)CNC1=O. The summed E-state index contributed by atoms with van der Waals surface area (Å²) < 4.78 is 0. The van der Waals surface area contributed by atoms with Gasteiger partial charge in [0.15, 0.2) is 0 Å². The molecule has 0 unspecified atom stereocenters. The molecule has 0 saturated carbocycles. The maximum Gasteiger partial charge on any atom is 0.324 e. The highest BCUT2D eigenvalue weighted by molar-refractivity contribution is 6.01. The molecule has 3 N–H and O–H groups in total. The van der Waals surface area contributed by atoms with Crippen LogP contribution in [0.2, 0.25) is 0 Å². The third-order valence-corrected chi connectivity index (χ3v) is 2.44. The Morgan fingerprint density at radius 2 is 2.31 bits per heavy atom. The van der Waals surface area contributed by atoms with Crippen LogP contribution in [0.5, 0.6) is 0 Å². The quantitative estimate of drug-likeness (QED) is 0.678. The van der Waals surface area contributed by atoms with Crippen LogP contribution < -0.4 is 11.1 Å². The number of hydrogen-bond acceptors (Lipinski definition) is 4. The Balaban J connectivity index is 2.20. The first kappa shape index (κ1) is 10.6. The van der Waals surface area contributed by atoms with Crippen LogP contribution >= 0.6 is 0 Å². The van der Waals surface area contributed by atoms with Crippen LogP contribution in [-0.2, 0) is 17.9 Å². The number of amides is 3. The molecule has 0 aliphatic carbocycles. The molecule has 0 spiro atoms. The number of urea groups is 1. The molecule has 1 aromatic heterocycles. The number of hydrogen-bond donors (Lipinski definition) is 2. The van der Waals surface area contributed by atoms with Gasteiger partial charge in [-0.1, -0.05) is 6.07 Å². The monoisotopic (exact) mass is 220 g/mol. The average Bonchev–Trinajstić information content (AvgIpc) is 2.61. The molecule has 2 rings (SSSR count). The summed E-state index contributed by atoms with van der Waals surface area (Å²) in [6.07, 6.45) is 1.64. The minimum absolute atomic E-state index is 0.0665. The molecular formula is C10H12N4O2. The molecule has 2 heterocycles. The first-order chi connectivity index (χ1) is 7.72. The van der Waals surface area contributed by atoms with Gasteiger partial charge >= 0.3 is 6.03 Å². The van der Waals surface area contributed by atoms with Crippen LogP contribution in [0.3, 0.4) is 0 Å². The third kappa shape index (κ3) is 1.87. The maximum atomic E-state index is 11.4. The van der Waals surface area contributed by atoms with E-state index in [0.29, 0.717) is 12.2 Å². The topological polar surface area (TPSA) is 88.3 Å². The molecule has 84 valence electrons. The molecule has 0 bridgehead atoms. The Kier molecular flexibility index (Phi) is 2.82. The van der Waals surface area contributed by atoms with Gasteiger partial charge in [0, 0.05) is 12.7 Å². The van der Waals surface area contributed by atoms with Crippen molar-refractivity contribution in [2.24, 2.45) is 5.73 Å². The van der Waals surface area contributed by atoms with E-state index in [1.807, 2.05) is 6.07 Å². The fourth-order valence-corrected chi connectivity index (χ4v) is 1.58. The van der Waals surface area contributed by atoms with Crippen molar-refractivity contribution in [3.63, 3.8) is 0 Å².